The Morgan fingerprint density at radius 2 is 2.07 bits per heavy atom. The van der Waals surface area contributed by atoms with Crippen LogP contribution in [0.1, 0.15) is 58.3 Å². The first-order valence-electron chi connectivity index (χ1n) is 5.50. The minimum atomic E-state index is -0.126. The van der Waals surface area contributed by atoms with Crippen LogP contribution in [0.2, 0.25) is 0 Å². The van der Waals surface area contributed by atoms with Gasteiger partial charge in [-0.25, -0.2) is 0 Å². The molecule has 0 fully saturated rings. The van der Waals surface area contributed by atoms with Crippen LogP contribution >= 0.6 is 0 Å². The maximum atomic E-state index is 6.01. The summed E-state index contributed by atoms with van der Waals surface area (Å²) in [5.41, 5.74) is 6.19. The molecule has 0 aliphatic rings. The van der Waals surface area contributed by atoms with Crippen LogP contribution < -0.4 is 5.73 Å². The van der Waals surface area contributed by atoms with Crippen molar-refractivity contribution in [2.45, 2.75) is 53.0 Å². The molecule has 1 rings (SSSR count). The van der Waals surface area contributed by atoms with Crippen molar-refractivity contribution in [3.8, 4) is 0 Å². The van der Waals surface area contributed by atoms with Gasteiger partial charge in [-0.05, 0) is 18.3 Å². The summed E-state index contributed by atoms with van der Waals surface area (Å²) in [6.07, 6.45) is 2.70. The molecular formula is C11H21N3O. The highest BCUT2D eigenvalue weighted by molar-refractivity contribution is 4.94. The lowest BCUT2D eigenvalue weighted by Crippen LogP contribution is -2.19. The van der Waals surface area contributed by atoms with Gasteiger partial charge in [-0.2, -0.15) is 4.98 Å². The number of hydrogen-bond acceptors (Lipinski definition) is 4. The Balaban J connectivity index is 2.61. The Kier molecular flexibility index (Phi) is 3.85. The number of aryl methyl sites for hydroxylation is 1. The van der Waals surface area contributed by atoms with E-state index in [0.29, 0.717) is 11.7 Å². The molecular weight excluding hydrogens is 190 g/mol. The lowest BCUT2D eigenvalue weighted by molar-refractivity contribution is 0.324. The van der Waals surface area contributed by atoms with Crippen molar-refractivity contribution in [3.63, 3.8) is 0 Å². The summed E-state index contributed by atoms with van der Waals surface area (Å²) in [6.45, 7) is 8.54. The molecule has 0 radical (unpaired) electrons. The summed E-state index contributed by atoms with van der Waals surface area (Å²) in [7, 11) is 0. The first kappa shape index (κ1) is 12.2. The number of hydrogen-bond donors (Lipinski definition) is 1. The second kappa shape index (κ2) is 4.75. The summed E-state index contributed by atoms with van der Waals surface area (Å²) >= 11 is 0. The van der Waals surface area contributed by atoms with Crippen LogP contribution in [-0.2, 0) is 6.42 Å². The summed E-state index contributed by atoms with van der Waals surface area (Å²) in [5, 5.41) is 3.91. The van der Waals surface area contributed by atoms with E-state index in [4.69, 9.17) is 10.3 Å². The zero-order valence-corrected chi connectivity index (χ0v) is 10.1. The summed E-state index contributed by atoms with van der Waals surface area (Å²) in [5.74, 6) is 1.32. The largest absolute Gasteiger partial charge is 0.339 e. The summed E-state index contributed by atoms with van der Waals surface area (Å²) < 4.78 is 5.10. The lowest BCUT2D eigenvalue weighted by atomic mass is 9.88. The summed E-state index contributed by atoms with van der Waals surface area (Å²) in [4.78, 5) is 4.28. The molecule has 0 saturated carbocycles. The van der Waals surface area contributed by atoms with Gasteiger partial charge in [0.1, 0.15) is 0 Å². The molecule has 0 aromatic carbocycles. The smallest absolute Gasteiger partial charge is 0.226 e. The molecule has 4 heteroatoms. The van der Waals surface area contributed by atoms with Gasteiger partial charge in [0.2, 0.25) is 5.89 Å². The van der Waals surface area contributed by atoms with Crippen molar-refractivity contribution in [1.82, 2.24) is 10.1 Å². The van der Waals surface area contributed by atoms with Gasteiger partial charge in [0.25, 0.3) is 0 Å². The molecule has 0 amide bonds. The lowest BCUT2D eigenvalue weighted by Gasteiger charge is -2.20. The summed E-state index contributed by atoms with van der Waals surface area (Å²) in [6, 6.07) is -0.126. The number of nitrogens with zero attached hydrogens (tertiary/aromatic N) is 2. The Labute approximate surface area is 91.2 Å². The van der Waals surface area contributed by atoms with Crippen molar-refractivity contribution in [1.29, 1.82) is 0 Å². The SMILES string of the molecule is CCCc1nc(C(N)CC(C)(C)C)no1. The fraction of sp³-hybridized carbons (Fsp3) is 0.818. The van der Waals surface area contributed by atoms with Crippen molar-refractivity contribution < 1.29 is 4.52 Å². The van der Waals surface area contributed by atoms with Crippen molar-refractivity contribution >= 4 is 0 Å². The van der Waals surface area contributed by atoms with Gasteiger partial charge in [-0.15, -0.1) is 0 Å². The number of rotatable bonds is 4. The van der Waals surface area contributed by atoms with Crippen LogP contribution in [0.25, 0.3) is 0 Å². The molecule has 1 aromatic heterocycles. The molecule has 0 bridgehead atoms. The zero-order chi connectivity index (χ0) is 11.5. The Bertz CT molecular complexity index is 301. The van der Waals surface area contributed by atoms with E-state index in [1.54, 1.807) is 0 Å². The molecule has 0 spiro atoms. The molecule has 15 heavy (non-hydrogen) atoms. The molecule has 1 aromatic rings. The third-order valence-corrected chi connectivity index (χ3v) is 2.11. The highest BCUT2D eigenvalue weighted by Crippen LogP contribution is 2.26. The molecule has 86 valence electrons. The van der Waals surface area contributed by atoms with Crippen molar-refractivity contribution in [3.05, 3.63) is 11.7 Å². The van der Waals surface area contributed by atoms with Gasteiger partial charge in [0.15, 0.2) is 5.82 Å². The average Bonchev–Trinajstić information content (AvgIpc) is 2.50. The number of aromatic nitrogens is 2. The maximum Gasteiger partial charge on any atom is 0.226 e. The quantitative estimate of drug-likeness (QED) is 0.830. The predicted molar refractivity (Wildman–Crippen MR) is 59.3 cm³/mol. The van der Waals surface area contributed by atoms with Crippen LogP contribution in [-0.4, -0.2) is 10.1 Å². The second-order valence-electron chi connectivity index (χ2n) is 5.17. The molecule has 0 aliphatic heterocycles. The van der Waals surface area contributed by atoms with Gasteiger partial charge >= 0.3 is 0 Å². The Morgan fingerprint density at radius 1 is 1.40 bits per heavy atom. The molecule has 1 atom stereocenters. The first-order chi connectivity index (χ1) is 6.92. The number of nitrogens with two attached hydrogens (primary N) is 1. The van der Waals surface area contributed by atoms with Gasteiger partial charge in [0.05, 0.1) is 6.04 Å². The maximum absolute atomic E-state index is 6.01. The molecule has 0 saturated heterocycles. The average molecular weight is 211 g/mol. The third kappa shape index (κ3) is 4.00. The van der Waals surface area contributed by atoms with Crippen LogP contribution in [0.4, 0.5) is 0 Å². The van der Waals surface area contributed by atoms with Crippen LogP contribution in [0.5, 0.6) is 0 Å². The van der Waals surface area contributed by atoms with E-state index < -0.39 is 0 Å². The van der Waals surface area contributed by atoms with Crippen LogP contribution in [0, 0.1) is 5.41 Å². The highest BCUT2D eigenvalue weighted by atomic mass is 16.5. The molecule has 2 N–H and O–H groups in total. The van der Waals surface area contributed by atoms with Gasteiger partial charge in [-0.3, -0.25) is 0 Å². The fourth-order valence-electron chi connectivity index (χ4n) is 1.49. The molecule has 0 aliphatic carbocycles. The fourth-order valence-corrected chi connectivity index (χ4v) is 1.49. The van der Waals surface area contributed by atoms with Gasteiger partial charge in [-0.1, -0.05) is 32.9 Å². The monoisotopic (exact) mass is 211 g/mol. The van der Waals surface area contributed by atoms with E-state index in [9.17, 15) is 0 Å². The molecule has 1 heterocycles. The van der Waals surface area contributed by atoms with Crippen molar-refractivity contribution in [2.24, 2.45) is 11.1 Å². The topological polar surface area (TPSA) is 64.9 Å². The third-order valence-electron chi connectivity index (χ3n) is 2.11. The second-order valence-corrected chi connectivity index (χ2v) is 5.17. The zero-order valence-electron chi connectivity index (χ0n) is 10.1. The van der Waals surface area contributed by atoms with E-state index >= 15 is 0 Å². The molecule has 4 nitrogen and oxygen atoms in total. The van der Waals surface area contributed by atoms with E-state index in [1.165, 1.54) is 0 Å². The normalized spacial score (nSPS) is 14.2. The Hall–Kier alpha value is -0.900. The first-order valence-corrected chi connectivity index (χ1v) is 5.50. The minimum absolute atomic E-state index is 0.126. The van der Waals surface area contributed by atoms with Gasteiger partial charge in [0, 0.05) is 6.42 Å². The van der Waals surface area contributed by atoms with Crippen molar-refractivity contribution in [2.75, 3.05) is 0 Å². The van der Waals surface area contributed by atoms with E-state index in [2.05, 4.69) is 37.8 Å². The standard InChI is InChI=1S/C11H21N3O/c1-5-6-9-13-10(14-15-9)8(12)7-11(2,3)4/h8H,5-7,12H2,1-4H3. The minimum Gasteiger partial charge on any atom is -0.339 e. The molecule has 1 unspecified atom stereocenters. The highest BCUT2D eigenvalue weighted by Gasteiger charge is 2.20. The Morgan fingerprint density at radius 3 is 2.60 bits per heavy atom. The van der Waals surface area contributed by atoms with E-state index in [0.717, 1.165) is 19.3 Å². The van der Waals surface area contributed by atoms with Gasteiger partial charge < -0.3 is 10.3 Å². The van der Waals surface area contributed by atoms with Crippen LogP contribution in [0.3, 0.4) is 0 Å². The van der Waals surface area contributed by atoms with Crippen LogP contribution in [0.15, 0.2) is 4.52 Å². The van der Waals surface area contributed by atoms with E-state index in [1.807, 2.05) is 0 Å². The van der Waals surface area contributed by atoms with E-state index in [-0.39, 0.29) is 11.5 Å². The predicted octanol–water partition coefficient (Wildman–Crippen LogP) is 2.46.